The molecule has 2 aromatic carbocycles. The van der Waals surface area contributed by atoms with Crippen LogP contribution in [-0.2, 0) is 4.74 Å². The molecule has 4 nitrogen and oxygen atoms in total. The molecule has 0 saturated heterocycles. The van der Waals surface area contributed by atoms with Crippen molar-refractivity contribution in [2.75, 3.05) is 12.4 Å². The Morgan fingerprint density at radius 1 is 1.13 bits per heavy atom. The second kappa shape index (κ2) is 7.74. The van der Waals surface area contributed by atoms with Gasteiger partial charge in [-0.15, -0.1) is 0 Å². The van der Waals surface area contributed by atoms with Crippen LogP contribution in [0.1, 0.15) is 34.5 Å². The van der Waals surface area contributed by atoms with E-state index in [0.717, 1.165) is 16.8 Å². The third-order valence-electron chi connectivity index (χ3n) is 3.63. The highest BCUT2D eigenvalue weighted by Gasteiger charge is 2.13. The molecular formula is C18H20N2O2S. The van der Waals surface area contributed by atoms with Crippen molar-refractivity contribution < 1.29 is 9.53 Å². The lowest BCUT2D eigenvalue weighted by atomic mass is 10.1. The molecule has 0 aliphatic heterocycles. The van der Waals surface area contributed by atoms with Crippen molar-refractivity contribution in [3.8, 4) is 0 Å². The number of carbonyl (C=O) groups excluding carboxylic acids is 1. The average Bonchev–Trinajstić information content (AvgIpc) is 2.56. The number of ether oxygens (including phenoxy) is 1. The molecule has 0 unspecified atom stereocenters. The molecule has 0 aliphatic rings. The number of nitrogens with one attached hydrogen (secondary N) is 2. The van der Waals surface area contributed by atoms with Gasteiger partial charge in [-0.25, -0.2) is 4.79 Å². The van der Waals surface area contributed by atoms with E-state index in [-0.39, 0.29) is 12.0 Å². The van der Waals surface area contributed by atoms with Gasteiger partial charge in [0, 0.05) is 5.69 Å². The quantitative estimate of drug-likeness (QED) is 0.660. The van der Waals surface area contributed by atoms with Crippen molar-refractivity contribution in [2.24, 2.45) is 0 Å². The molecule has 0 bridgehead atoms. The van der Waals surface area contributed by atoms with E-state index < -0.39 is 0 Å². The summed E-state index contributed by atoms with van der Waals surface area (Å²) in [4.78, 5) is 11.7. The van der Waals surface area contributed by atoms with Crippen molar-refractivity contribution in [3.05, 3.63) is 65.2 Å². The number of methoxy groups -OCH3 is 1. The molecule has 0 spiro atoms. The molecule has 1 atom stereocenters. The zero-order valence-electron chi connectivity index (χ0n) is 13.4. The summed E-state index contributed by atoms with van der Waals surface area (Å²) in [6.07, 6.45) is 0. The third kappa shape index (κ3) is 4.29. The van der Waals surface area contributed by atoms with Gasteiger partial charge in [-0.05, 0) is 49.3 Å². The van der Waals surface area contributed by atoms with E-state index in [1.54, 1.807) is 12.1 Å². The van der Waals surface area contributed by atoms with Crippen molar-refractivity contribution in [2.45, 2.75) is 19.9 Å². The Morgan fingerprint density at radius 3 is 2.48 bits per heavy atom. The predicted molar refractivity (Wildman–Crippen MR) is 96.7 cm³/mol. The van der Waals surface area contributed by atoms with Gasteiger partial charge in [-0.1, -0.05) is 36.4 Å². The molecule has 0 amide bonds. The van der Waals surface area contributed by atoms with Crippen LogP contribution in [0.4, 0.5) is 5.69 Å². The average molecular weight is 328 g/mol. The van der Waals surface area contributed by atoms with Crippen LogP contribution in [0.25, 0.3) is 0 Å². The monoisotopic (exact) mass is 328 g/mol. The first-order valence-corrected chi connectivity index (χ1v) is 7.74. The fraction of sp³-hybridized carbons (Fsp3) is 0.222. The van der Waals surface area contributed by atoms with Crippen LogP contribution in [0.15, 0.2) is 48.5 Å². The maximum absolute atomic E-state index is 11.7. The van der Waals surface area contributed by atoms with Crippen molar-refractivity contribution >= 4 is 29.0 Å². The van der Waals surface area contributed by atoms with Crippen LogP contribution in [-0.4, -0.2) is 18.2 Å². The Morgan fingerprint density at radius 2 is 1.83 bits per heavy atom. The SMILES string of the molecule is COC(=O)c1cccc(NC(=S)N[C@H](C)c2ccccc2)c1C. The van der Waals surface area contributed by atoms with Crippen LogP contribution in [0.3, 0.4) is 0 Å². The Balaban J connectivity index is 2.07. The van der Waals surface area contributed by atoms with E-state index in [0.29, 0.717) is 10.7 Å². The van der Waals surface area contributed by atoms with Gasteiger partial charge in [-0.3, -0.25) is 0 Å². The normalized spacial score (nSPS) is 11.4. The van der Waals surface area contributed by atoms with E-state index in [9.17, 15) is 4.79 Å². The summed E-state index contributed by atoms with van der Waals surface area (Å²) >= 11 is 5.37. The first kappa shape index (κ1) is 17.0. The maximum atomic E-state index is 11.7. The predicted octanol–water partition coefficient (Wildman–Crippen LogP) is 3.83. The smallest absolute Gasteiger partial charge is 0.338 e. The summed E-state index contributed by atoms with van der Waals surface area (Å²) in [6, 6.07) is 15.5. The molecule has 0 aliphatic carbocycles. The Kier molecular flexibility index (Phi) is 5.71. The van der Waals surface area contributed by atoms with Gasteiger partial charge in [0.25, 0.3) is 0 Å². The number of hydrogen-bond donors (Lipinski definition) is 2. The second-order valence-corrected chi connectivity index (χ2v) is 5.61. The largest absolute Gasteiger partial charge is 0.465 e. The Bertz CT molecular complexity index is 701. The summed E-state index contributed by atoms with van der Waals surface area (Å²) in [5.74, 6) is -0.359. The van der Waals surface area contributed by atoms with Gasteiger partial charge in [0.2, 0.25) is 0 Å². The maximum Gasteiger partial charge on any atom is 0.338 e. The van der Waals surface area contributed by atoms with E-state index >= 15 is 0 Å². The highest BCUT2D eigenvalue weighted by Crippen LogP contribution is 2.20. The van der Waals surface area contributed by atoms with Crippen LogP contribution >= 0.6 is 12.2 Å². The second-order valence-electron chi connectivity index (χ2n) is 5.20. The molecule has 0 fully saturated rings. The van der Waals surface area contributed by atoms with Crippen molar-refractivity contribution in [3.63, 3.8) is 0 Å². The first-order chi connectivity index (χ1) is 11.0. The summed E-state index contributed by atoms with van der Waals surface area (Å²) in [6.45, 7) is 3.90. The minimum absolute atomic E-state index is 0.0836. The number of thiocarbonyl (C=S) groups is 1. The highest BCUT2D eigenvalue weighted by molar-refractivity contribution is 7.80. The number of anilines is 1. The fourth-order valence-corrected chi connectivity index (χ4v) is 2.57. The van der Waals surface area contributed by atoms with Crippen molar-refractivity contribution in [1.82, 2.24) is 5.32 Å². The molecular weight excluding hydrogens is 308 g/mol. The Labute approximate surface area is 141 Å². The lowest BCUT2D eigenvalue weighted by Gasteiger charge is -2.18. The van der Waals surface area contributed by atoms with Crippen LogP contribution in [0, 0.1) is 6.92 Å². The van der Waals surface area contributed by atoms with Gasteiger partial charge < -0.3 is 15.4 Å². The lowest BCUT2D eigenvalue weighted by Crippen LogP contribution is -2.31. The molecule has 2 rings (SSSR count). The number of esters is 1. The number of carbonyl (C=O) groups is 1. The summed E-state index contributed by atoms with van der Waals surface area (Å²) in [5.41, 5.74) is 3.26. The fourth-order valence-electron chi connectivity index (χ4n) is 2.28. The topological polar surface area (TPSA) is 50.4 Å². The number of rotatable bonds is 4. The van der Waals surface area contributed by atoms with Gasteiger partial charge in [0.1, 0.15) is 0 Å². The molecule has 0 aromatic heterocycles. The van der Waals surface area contributed by atoms with Gasteiger partial charge in [0.05, 0.1) is 18.7 Å². The molecule has 2 aromatic rings. The van der Waals surface area contributed by atoms with E-state index in [1.165, 1.54) is 7.11 Å². The zero-order chi connectivity index (χ0) is 16.8. The molecule has 0 saturated carbocycles. The molecule has 120 valence electrons. The molecule has 5 heteroatoms. The van der Waals surface area contributed by atoms with Gasteiger partial charge in [0.15, 0.2) is 5.11 Å². The molecule has 0 heterocycles. The summed E-state index contributed by atoms with van der Waals surface area (Å²) < 4.78 is 4.78. The van der Waals surface area contributed by atoms with Crippen LogP contribution in [0.2, 0.25) is 0 Å². The standard InChI is InChI=1S/C18H20N2O2S/c1-12-15(17(21)22-3)10-7-11-16(12)20-18(23)19-13(2)14-8-5-4-6-9-14/h4-11,13H,1-3H3,(H2,19,20,23)/t13-/m1/s1. The third-order valence-corrected chi connectivity index (χ3v) is 3.85. The minimum Gasteiger partial charge on any atom is -0.465 e. The Hall–Kier alpha value is -2.40. The van der Waals surface area contributed by atoms with Crippen LogP contribution in [0.5, 0.6) is 0 Å². The number of benzene rings is 2. The molecule has 0 radical (unpaired) electrons. The van der Waals surface area contributed by atoms with Gasteiger partial charge >= 0.3 is 5.97 Å². The highest BCUT2D eigenvalue weighted by atomic mass is 32.1. The molecule has 2 N–H and O–H groups in total. The van der Waals surface area contributed by atoms with E-state index in [4.69, 9.17) is 17.0 Å². The zero-order valence-corrected chi connectivity index (χ0v) is 14.2. The number of hydrogen-bond acceptors (Lipinski definition) is 3. The van der Waals surface area contributed by atoms with Gasteiger partial charge in [-0.2, -0.15) is 0 Å². The molecule has 23 heavy (non-hydrogen) atoms. The van der Waals surface area contributed by atoms with Crippen molar-refractivity contribution in [1.29, 1.82) is 0 Å². The summed E-state index contributed by atoms with van der Waals surface area (Å²) in [5, 5.41) is 6.89. The first-order valence-electron chi connectivity index (χ1n) is 7.33. The minimum atomic E-state index is -0.359. The van der Waals surface area contributed by atoms with E-state index in [1.807, 2.05) is 50.2 Å². The summed E-state index contributed by atoms with van der Waals surface area (Å²) in [7, 11) is 1.37. The van der Waals surface area contributed by atoms with Crippen LogP contribution < -0.4 is 10.6 Å². The lowest BCUT2D eigenvalue weighted by molar-refractivity contribution is 0.0600. The van der Waals surface area contributed by atoms with E-state index in [2.05, 4.69) is 10.6 Å².